The van der Waals surface area contributed by atoms with Gasteiger partial charge in [0.05, 0.1) is 12.1 Å². The second-order valence-corrected chi connectivity index (χ2v) is 7.06. The Kier molecular flexibility index (Phi) is 4.77. The minimum atomic E-state index is 0.122. The van der Waals surface area contributed by atoms with Gasteiger partial charge in [0, 0.05) is 24.7 Å². The van der Waals surface area contributed by atoms with E-state index in [1.165, 1.54) is 22.9 Å². The van der Waals surface area contributed by atoms with Crippen molar-refractivity contribution in [2.24, 2.45) is 5.92 Å². The van der Waals surface area contributed by atoms with Crippen molar-refractivity contribution < 1.29 is 5.11 Å². The Morgan fingerprint density at radius 3 is 2.68 bits per heavy atom. The SMILES string of the molecule is OCc1ccc(C[C@H]2CCN(Cc3cccc4ncccc34)C2)cc1. The number of rotatable bonds is 5. The molecule has 2 aromatic carbocycles. The van der Waals surface area contributed by atoms with E-state index in [1.807, 2.05) is 24.4 Å². The van der Waals surface area contributed by atoms with Crippen LogP contribution in [0.4, 0.5) is 0 Å². The fourth-order valence-electron chi connectivity index (χ4n) is 3.88. The number of aromatic nitrogens is 1. The highest BCUT2D eigenvalue weighted by Gasteiger charge is 2.23. The van der Waals surface area contributed by atoms with E-state index in [2.05, 4.69) is 46.3 Å². The average Bonchev–Trinajstić information content (AvgIpc) is 3.09. The summed E-state index contributed by atoms with van der Waals surface area (Å²) in [6.45, 7) is 3.44. The van der Waals surface area contributed by atoms with Gasteiger partial charge >= 0.3 is 0 Å². The van der Waals surface area contributed by atoms with Crippen molar-refractivity contribution in [2.45, 2.75) is 26.0 Å². The second kappa shape index (κ2) is 7.34. The van der Waals surface area contributed by atoms with Crippen LogP contribution in [0.25, 0.3) is 10.9 Å². The van der Waals surface area contributed by atoms with Crippen molar-refractivity contribution in [3.05, 3.63) is 77.5 Å². The van der Waals surface area contributed by atoms with Crippen LogP contribution in [0.3, 0.4) is 0 Å². The molecule has 3 aromatic rings. The molecule has 1 saturated heterocycles. The molecule has 1 atom stereocenters. The van der Waals surface area contributed by atoms with Crippen molar-refractivity contribution in [3.8, 4) is 0 Å². The number of aliphatic hydroxyl groups is 1. The van der Waals surface area contributed by atoms with Crippen molar-refractivity contribution >= 4 is 10.9 Å². The molecule has 0 radical (unpaired) electrons. The molecule has 1 N–H and O–H groups in total. The maximum atomic E-state index is 9.15. The number of hydrogen-bond acceptors (Lipinski definition) is 3. The van der Waals surface area contributed by atoms with E-state index in [1.54, 1.807) is 0 Å². The van der Waals surface area contributed by atoms with Gasteiger partial charge in [0.2, 0.25) is 0 Å². The van der Waals surface area contributed by atoms with Crippen molar-refractivity contribution in [2.75, 3.05) is 13.1 Å². The zero-order chi connectivity index (χ0) is 17.1. The number of benzene rings is 2. The molecule has 2 heterocycles. The van der Waals surface area contributed by atoms with Gasteiger partial charge < -0.3 is 5.11 Å². The van der Waals surface area contributed by atoms with E-state index in [0.717, 1.165) is 37.1 Å². The minimum Gasteiger partial charge on any atom is -0.392 e. The van der Waals surface area contributed by atoms with E-state index in [9.17, 15) is 0 Å². The first-order valence-electron chi connectivity index (χ1n) is 9.05. The summed E-state index contributed by atoms with van der Waals surface area (Å²) in [6, 6.07) is 19.0. The molecule has 1 aliphatic rings. The maximum Gasteiger partial charge on any atom is 0.0705 e. The molecule has 4 rings (SSSR count). The standard InChI is InChI=1S/C22H24N2O/c25-16-18-8-6-17(7-9-18)13-19-10-12-24(14-19)15-20-3-1-5-22-21(20)4-2-11-23-22/h1-9,11,19,25H,10,12-16H2/t19-/m1/s1. The van der Waals surface area contributed by atoms with Crippen LogP contribution >= 0.6 is 0 Å². The Balaban J connectivity index is 1.40. The molecule has 0 spiro atoms. The Morgan fingerprint density at radius 2 is 1.84 bits per heavy atom. The molecular formula is C22H24N2O. The summed E-state index contributed by atoms with van der Waals surface area (Å²) in [5.74, 6) is 0.716. The van der Waals surface area contributed by atoms with Crippen LogP contribution < -0.4 is 0 Å². The fourth-order valence-corrected chi connectivity index (χ4v) is 3.88. The second-order valence-electron chi connectivity index (χ2n) is 7.06. The third-order valence-electron chi connectivity index (χ3n) is 5.23. The van der Waals surface area contributed by atoms with Crippen molar-refractivity contribution in [1.29, 1.82) is 0 Å². The molecule has 128 valence electrons. The largest absolute Gasteiger partial charge is 0.392 e. The molecule has 0 unspecified atom stereocenters. The quantitative estimate of drug-likeness (QED) is 0.772. The molecule has 1 fully saturated rings. The first-order valence-corrected chi connectivity index (χ1v) is 9.05. The van der Waals surface area contributed by atoms with Crippen LogP contribution in [-0.2, 0) is 19.6 Å². The lowest BCUT2D eigenvalue weighted by molar-refractivity contribution is 0.282. The summed E-state index contributed by atoms with van der Waals surface area (Å²) >= 11 is 0. The molecule has 0 aliphatic carbocycles. The first kappa shape index (κ1) is 16.2. The van der Waals surface area contributed by atoms with Crippen molar-refractivity contribution in [3.63, 3.8) is 0 Å². The number of aliphatic hydroxyl groups excluding tert-OH is 1. The van der Waals surface area contributed by atoms with E-state index in [-0.39, 0.29) is 6.61 Å². The number of fused-ring (bicyclic) bond motifs is 1. The Hall–Kier alpha value is -2.23. The highest BCUT2D eigenvalue weighted by Crippen LogP contribution is 2.25. The minimum absolute atomic E-state index is 0.122. The van der Waals surface area contributed by atoms with Gasteiger partial charge in [-0.25, -0.2) is 0 Å². The Morgan fingerprint density at radius 1 is 1.00 bits per heavy atom. The maximum absolute atomic E-state index is 9.15. The predicted molar refractivity (Wildman–Crippen MR) is 101 cm³/mol. The fraction of sp³-hybridized carbons (Fsp3) is 0.318. The summed E-state index contributed by atoms with van der Waals surface area (Å²) in [5.41, 5.74) is 4.82. The van der Waals surface area contributed by atoms with Gasteiger partial charge in [0.25, 0.3) is 0 Å². The van der Waals surface area contributed by atoms with Gasteiger partial charge in [-0.15, -0.1) is 0 Å². The predicted octanol–water partition coefficient (Wildman–Crippen LogP) is 3.79. The van der Waals surface area contributed by atoms with Crippen LogP contribution in [0, 0.1) is 5.92 Å². The zero-order valence-corrected chi connectivity index (χ0v) is 14.4. The molecule has 0 amide bonds. The lowest BCUT2D eigenvalue weighted by Gasteiger charge is -2.17. The third-order valence-corrected chi connectivity index (χ3v) is 5.23. The third kappa shape index (κ3) is 3.73. The molecule has 3 heteroatoms. The van der Waals surface area contributed by atoms with Gasteiger partial charge in [0.15, 0.2) is 0 Å². The summed E-state index contributed by atoms with van der Waals surface area (Å²) in [5, 5.41) is 10.4. The van der Waals surface area contributed by atoms with Crippen LogP contribution in [0.5, 0.6) is 0 Å². The van der Waals surface area contributed by atoms with E-state index >= 15 is 0 Å². The lowest BCUT2D eigenvalue weighted by atomic mass is 9.98. The van der Waals surface area contributed by atoms with Gasteiger partial charge in [-0.1, -0.05) is 42.5 Å². The Bertz CT molecular complexity index is 839. The molecule has 0 bridgehead atoms. The van der Waals surface area contributed by atoms with Gasteiger partial charge in [-0.2, -0.15) is 0 Å². The average molecular weight is 332 g/mol. The smallest absolute Gasteiger partial charge is 0.0705 e. The number of hydrogen-bond donors (Lipinski definition) is 1. The summed E-state index contributed by atoms with van der Waals surface area (Å²) < 4.78 is 0. The number of nitrogens with zero attached hydrogens (tertiary/aromatic N) is 2. The van der Waals surface area contributed by atoms with Crippen LogP contribution in [0.1, 0.15) is 23.1 Å². The normalized spacial score (nSPS) is 18.0. The summed E-state index contributed by atoms with van der Waals surface area (Å²) in [7, 11) is 0. The highest BCUT2D eigenvalue weighted by atomic mass is 16.3. The highest BCUT2D eigenvalue weighted by molar-refractivity contribution is 5.81. The number of likely N-dealkylation sites (tertiary alicyclic amines) is 1. The van der Waals surface area contributed by atoms with Gasteiger partial charge in [-0.05, 0) is 54.1 Å². The van der Waals surface area contributed by atoms with Crippen LogP contribution in [-0.4, -0.2) is 28.1 Å². The molecular weight excluding hydrogens is 308 g/mol. The van der Waals surface area contributed by atoms with Gasteiger partial charge in [0.1, 0.15) is 0 Å². The van der Waals surface area contributed by atoms with E-state index < -0.39 is 0 Å². The topological polar surface area (TPSA) is 36.4 Å². The monoisotopic (exact) mass is 332 g/mol. The number of pyridine rings is 1. The van der Waals surface area contributed by atoms with Gasteiger partial charge in [-0.3, -0.25) is 9.88 Å². The lowest BCUT2D eigenvalue weighted by Crippen LogP contribution is -2.20. The molecule has 1 aromatic heterocycles. The molecule has 3 nitrogen and oxygen atoms in total. The molecule has 1 aliphatic heterocycles. The first-order chi connectivity index (χ1) is 12.3. The van der Waals surface area contributed by atoms with Crippen LogP contribution in [0.2, 0.25) is 0 Å². The summed E-state index contributed by atoms with van der Waals surface area (Å²) in [4.78, 5) is 7.03. The van der Waals surface area contributed by atoms with Crippen LogP contribution in [0.15, 0.2) is 60.8 Å². The Labute approximate surface area is 148 Å². The summed E-state index contributed by atoms with van der Waals surface area (Å²) in [6.07, 6.45) is 4.24. The molecule has 0 saturated carbocycles. The van der Waals surface area contributed by atoms with Crippen molar-refractivity contribution in [1.82, 2.24) is 9.88 Å². The molecule has 25 heavy (non-hydrogen) atoms. The zero-order valence-electron chi connectivity index (χ0n) is 14.4. The van der Waals surface area contributed by atoms with E-state index in [4.69, 9.17) is 5.11 Å². The van der Waals surface area contributed by atoms with E-state index in [0.29, 0.717) is 5.92 Å².